The molecule has 0 saturated carbocycles. The standard InChI is InChI=1S/C46H58/c1-3-5-7-9-11-13-15-17-23-37-29-33-39(34-30-37)45-43-27-21-19-25-41(43)42-26-20-22-28-44(42)46(45)40-35-31-38(32-36-40)24-18-16-14-12-10-8-6-4-2/h19-22,25-36H,3-18,23-24H2,1-2H3. The van der Waals surface area contributed by atoms with Gasteiger partial charge >= 0.3 is 0 Å². The van der Waals surface area contributed by atoms with E-state index in [1.165, 1.54) is 171 Å². The number of aryl methyl sites for hydroxylation is 2. The van der Waals surface area contributed by atoms with Crippen LogP contribution in [0.3, 0.4) is 0 Å². The molecule has 5 rings (SSSR count). The molecule has 0 spiro atoms. The molecule has 0 bridgehead atoms. The van der Waals surface area contributed by atoms with E-state index >= 15 is 0 Å². The molecule has 0 aliphatic rings. The zero-order valence-electron chi connectivity index (χ0n) is 29.0. The Bertz CT molecular complexity index is 1470. The average Bonchev–Trinajstić information content (AvgIpc) is 3.10. The van der Waals surface area contributed by atoms with Gasteiger partial charge in [-0.3, -0.25) is 0 Å². The van der Waals surface area contributed by atoms with E-state index < -0.39 is 0 Å². The van der Waals surface area contributed by atoms with Gasteiger partial charge in [0.25, 0.3) is 0 Å². The molecular weight excluding hydrogens is 553 g/mol. The normalized spacial score (nSPS) is 11.5. The molecule has 0 nitrogen and oxygen atoms in total. The van der Waals surface area contributed by atoms with Gasteiger partial charge in [-0.25, -0.2) is 0 Å². The molecule has 0 saturated heterocycles. The van der Waals surface area contributed by atoms with E-state index in [4.69, 9.17) is 0 Å². The fourth-order valence-corrected chi connectivity index (χ4v) is 7.34. The highest BCUT2D eigenvalue weighted by atomic mass is 14.2. The van der Waals surface area contributed by atoms with Crippen LogP contribution in [0.1, 0.15) is 128 Å². The average molecular weight is 611 g/mol. The highest BCUT2D eigenvalue weighted by molar-refractivity contribution is 6.21. The first-order valence-electron chi connectivity index (χ1n) is 18.9. The number of rotatable bonds is 20. The summed E-state index contributed by atoms with van der Waals surface area (Å²) in [7, 11) is 0. The Kier molecular flexibility index (Phi) is 13.8. The van der Waals surface area contributed by atoms with Crippen LogP contribution in [-0.2, 0) is 12.8 Å². The lowest BCUT2D eigenvalue weighted by Gasteiger charge is -2.19. The van der Waals surface area contributed by atoms with Crippen molar-refractivity contribution in [2.45, 2.75) is 129 Å². The van der Waals surface area contributed by atoms with E-state index in [0.717, 1.165) is 0 Å². The molecule has 5 aromatic carbocycles. The molecule has 0 unspecified atom stereocenters. The summed E-state index contributed by atoms with van der Waals surface area (Å²) in [6.07, 6.45) is 24.3. The van der Waals surface area contributed by atoms with E-state index in [1.807, 2.05) is 0 Å². The van der Waals surface area contributed by atoms with Gasteiger partial charge in [0, 0.05) is 0 Å². The Balaban J connectivity index is 1.34. The molecule has 5 aromatic rings. The molecule has 0 aliphatic heterocycles. The van der Waals surface area contributed by atoms with Gasteiger partial charge in [0.05, 0.1) is 0 Å². The highest BCUT2D eigenvalue weighted by Gasteiger charge is 2.17. The minimum atomic E-state index is 1.18. The van der Waals surface area contributed by atoms with Crippen molar-refractivity contribution in [3.63, 3.8) is 0 Å². The minimum Gasteiger partial charge on any atom is -0.0654 e. The Morgan fingerprint density at radius 2 is 0.609 bits per heavy atom. The molecular formula is C46H58. The Morgan fingerprint density at radius 3 is 0.957 bits per heavy atom. The number of fused-ring (bicyclic) bond motifs is 3. The van der Waals surface area contributed by atoms with Crippen molar-refractivity contribution in [2.24, 2.45) is 0 Å². The number of benzene rings is 5. The molecule has 0 radical (unpaired) electrons. The van der Waals surface area contributed by atoms with Gasteiger partial charge in [0.15, 0.2) is 0 Å². The van der Waals surface area contributed by atoms with Crippen LogP contribution in [0.4, 0.5) is 0 Å². The van der Waals surface area contributed by atoms with Crippen molar-refractivity contribution in [3.8, 4) is 22.3 Å². The first kappa shape index (κ1) is 34.0. The summed E-state index contributed by atoms with van der Waals surface area (Å²) < 4.78 is 0. The zero-order chi connectivity index (χ0) is 31.8. The van der Waals surface area contributed by atoms with Crippen molar-refractivity contribution in [1.82, 2.24) is 0 Å². The Labute approximate surface area is 280 Å². The third-order valence-corrected chi connectivity index (χ3v) is 10.1. The number of unbranched alkanes of at least 4 members (excludes halogenated alkanes) is 14. The van der Waals surface area contributed by atoms with Crippen molar-refractivity contribution in [1.29, 1.82) is 0 Å². The van der Waals surface area contributed by atoms with Crippen LogP contribution >= 0.6 is 0 Å². The molecule has 242 valence electrons. The van der Waals surface area contributed by atoms with E-state index in [-0.39, 0.29) is 0 Å². The SMILES string of the molecule is CCCCCCCCCCc1ccc(-c2c(-c3ccc(CCCCCCCCCC)cc3)c3ccccc3c3ccccc23)cc1. The summed E-state index contributed by atoms with van der Waals surface area (Å²) in [5.74, 6) is 0. The lowest BCUT2D eigenvalue weighted by atomic mass is 9.84. The van der Waals surface area contributed by atoms with Crippen molar-refractivity contribution in [2.75, 3.05) is 0 Å². The second-order valence-electron chi connectivity index (χ2n) is 13.7. The van der Waals surface area contributed by atoms with E-state index in [9.17, 15) is 0 Å². The van der Waals surface area contributed by atoms with Gasteiger partial charge < -0.3 is 0 Å². The first-order valence-corrected chi connectivity index (χ1v) is 18.9. The Hall–Kier alpha value is -3.38. The fraction of sp³-hybridized carbons (Fsp3) is 0.435. The maximum atomic E-state index is 2.39. The van der Waals surface area contributed by atoms with Gasteiger partial charge in [0.2, 0.25) is 0 Å². The van der Waals surface area contributed by atoms with E-state index in [0.29, 0.717) is 0 Å². The maximum Gasteiger partial charge on any atom is -0.00203 e. The zero-order valence-corrected chi connectivity index (χ0v) is 29.0. The predicted molar refractivity (Wildman–Crippen MR) is 205 cm³/mol. The molecule has 0 atom stereocenters. The van der Waals surface area contributed by atoms with Gasteiger partial charge in [0.1, 0.15) is 0 Å². The third kappa shape index (κ3) is 9.34. The second kappa shape index (κ2) is 18.7. The fourth-order valence-electron chi connectivity index (χ4n) is 7.34. The minimum absolute atomic E-state index is 1.18. The Morgan fingerprint density at radius 1 is 0.304 bits per heavy atom. The number of hydrogen-bond acceptors (Lipinski definition) is 0. The summed E-state index contributed by atoms with van der Waals surface area (Å²) in [4.78, 5) is 0. The summed E-state index contributed by atoms with van der Waals surface area (Å²) in [6.45, 7) is 4.59. The molecule has 0 amide bonds. The van der Waals surface area contributed by atoms with Crippen LogP contribution in [0.25, 0.3) is 43.8 Å². The van der Waals surface area contributed by atoms with Gasteiger partial charge in [-0.15, -0.1) is 0 Å². The topological polar surface area (TPSA) is 0 Å². The monoisotopic (exact) mass is 610 g/mol. The van der Waals surface area contributed by atoms with Gasteiger partial charge in [-0.05, 0) is 80.6 Å². The molecule has 0 fully saturated rings. The lowest BCUT2D eigenvalue weighted by molar-refractivity contribution is 0.575. The van der Waals surface area contributed by atoms with Crippen LogP contribution < -0.4 is 0 Å². The molecule has 0 heteroatoms. The van der Waals surface area contributed by atoms with Crippen LogP contribution in [0.15, 0.2) is 97.1 Å². The van der Waals surface area contributed by atoms with Crippen molar-refractivity contribution >= 4 is 21.5 Å². The molecule has 0 N–H and O–H groups in total. The van der Waals surface area contributed by atoms with E-state index in [2.05, 4.69) is 111 Å². The van der Waals surface area contributed by atoms with Crippen LogP contribution in [-0.4, -0.2) is 0 Å². The summed E-state index contributed by atoms with van der Waals surface area (Å²) in [5, 5.41) is 5.36. The first-order chi connectivity index (χ1) is 22.8. The van der Waals surface area contributed by atoms with Crippen LogP contribution in [0.2, 0.25) is 0 Å². The third-order valence-electron chi connectivity index (χ3n) is 10.1. The largest absolute Gasteiger partial charge is 0.0654 e. The van der Waals surface area contributed by atoms with Crippen LogP contribution in [0.5, 0.6) is 0 Å². The smallest absolute Gasteiger partial charge is 0.00203 e. The van der Waals surface area contributed by atoms with Gasteiger partial charge in [-0.1, -0.05) is 201 Å². The number of hydrogen-bond donors (Lipinski definition) is 0. The predicted octanol–water partition coefficient (Wildman–Crippen LogP) is 14.7. The van der Waals surface area contributed by atoms with Gasteiger partial charge in [-0.2, -0.15) is 0 Å². The van der Waals surface area contributed by atoms with E-state index in [1.54, 1.807) is 0 Å². The molecule has 0 aromatic heterocycles. The quantitative estimate of drug-likeness (QED) is 0.0607. The maximum absolute atomic E-state index is 2.39. The summed E-state index contributed by atoms with van der Waals surface area (Å²) in [5.41, 5.74) is 8.30. The second-order valence-corrected chi connectivity index (χ2v) is 13.7. The highest BCUT2D eigenvalue weighted by Crippen LogP contribution is 2.44. The molecule has 0 heterocycles. The molecule has 46 heavy (non-hydrogen) atoms. The summed E-state index contributed by atoms with van der Waals surface area (Å²) in [6, 6.07) is 37.1. The lowest BCUT2D eigenvalue weighted by Crippen LogP contribution is -1.93. The molecule has 0 aliphatic carbocycles. The summed E-state index contributed by atoms with van der Waals surface area (Å²) >= 11 is 0. The van der Waals surface area contributed by atoms with Crippen molar-refractivity contribution in [3.05, 3.63) is 108 Å². The van der Waals surface area contributed by atoms with Crippen molar-refractivity contribution < 1.29 is 0 Å². The van der Waals surface area contributed by atoms with Crippen LogP contribution in [0, 0.1) is 0 Å².